The number of benzene rings is 1. The highest BCUT2D eigenvalue weighted by atomic mass is 32.2. The van der Waals surface area contributed by atoms with Gasteiger partial charge >= 0.3 is 0 Å². The number of carbonyl (C=O) groups excluding carboxylic acids is 1. The van der Waals surface area contributed by atoms with Crippen LogP contribution in [0.15, 0.2) is 30.3 Å². The van der Waals surface area contributed by atoms with Crippen molar-refractivity contribution in [3.63, 3.8) is 0 Å². The Morgan fingerprint density at radius 3 is 2.44 bits per heavy atom. The molecule has 0 spiro atoms. The number of amides is 1. The van der Waals surface area contributed by atoms with E-state index < -0.39 is 10.2 Å². The fourth-order valence-electron chi connectivity index (χ4n) is 5.33. The van der Waals surface area contributed by atoms with Crippen LogP contribution in [0.4, 0.5) is 0 Å². The lowest BCUT2D eigenvalue weighted by molar-refractivity contribution is -0.126. The molecule has 8 nitrogen and oxygen atoms in total. The number of piperidine rings is 2. The fourth-order valence-corrected chi connectivity index (χ4v) is 6.99. The number of likely N-dealkylation sites (tertiary alicyclic amines) is 1. The number of carbonyl (C=O) groups is 1. The van der Waals surface area contributed by atoms with Crippen LogP contribution in [-0.2, 0) is 26.2 Å². The molecule has 3 saturated heterocycles. The van der Waals surface area contributed by atoms with Crippen molar-refractivity contribution in [2.24, 2.45) is 11.8 Å². The van der Waals surface area contributed by atoms with Crippen molar-refractivity contribution < 1.29 is 17.9 Å². The van der Waals surface area contributed by atoms with Crippen molar-refractivity contribution in [1.82, 2.24) is 18.8 Å². The van der Waals surface area contributed by atoms with Gasteiger partial charge in [-0.05, 0) is 69.6 Å². The number of hydrogen-bond acceptors (Lipinski definition) is 5. The molecule has 1 aromatic rings. The van der Waals surface area contributed by atoms with Gasteiger partial charge in [-0.25, -0.2) is 0 Å². The van der Waals surface area contributed by atoms with Crippen LogP contribution < -0.4 is 5.32 Å². The lowest BCUT2D eigenvalue weighted by Gasteiger charge is -2.36. The topological polar surface area (TPSA) is 82.2 Å². The number of ether oxygens (including phenoxy) is 1. The van der Waals surface area contributed by atoms with E-state index in [0.29, 0.717) is 39.4 Å². The third kappa shape index (κ3) is 7.01. The quantitative estimate of drug-likeness (QED) is 0.531. The Morgan fingerprint density at radius 1 is 0.971 bits per heavy atom. The number of morpholine rings is 1. The molecular weight excluding hydrogens is 452 g/mol. The van der Waals surface area contributed by atoms with Gasteiger partial charge in [0, 0.05) is 32.7 Å². The molecule has 0 bridgehead atoms. The van der Waals surface area contributed by atoms with E-state index in [0.717, 1.165) is 44.8 Å². The first kappa shape index (κ1) is 25.6. The summed E-state index contributed by atoms with van der Waals surface area (Å²) in [7, 11) is -3.52. The van der Waals surface area contributed by atoms with Gasteiger partial charge in [-0.1, -0.05) is 30.3 Å². The van der Waals surface area contributed by atoms with Crippen LogP contribution in [0.5, 0.6) is 0 Å². The Hall–Kier alpha value is -1.52. The SMILES string of the molecule is O=C(NCCCN1CCC(Cc2ccccc2)CC1)[C@H]1CCCN(S(=O)(=O)N2CCOCC2)C1. The van der Waals surface area contributed by atoms with Crippen molar-refractivity contribution >= 4 is 16.1 Å². The Morgan fingerprint density at radius 2 is 1.71 bits per heavy atom. The highest BCUT2D eigenvalue weighted by molar-refractivity contribution is 7.86. The minimum Gasteiger partial charge on any atom is -0.379 e. The standard InChI is InChI=1S/C25H40N4O4S/c30-25(24-8-4-13-29(21-24)34(31,32)28-16-18-33-19-17-28)26-11-5-12-27-14-9-23(10-15-27)20-22-6-2-1-3-7-22/h1-3,6-7,23-24H,4-5,8-21H2,(H,26,30)/t24-/m0/s1. The maximum atomic E-state index is 12.9. The summed E-state index contributed by atoms with van der Waals surface area (Å²) in [5.74, 6) is 0.489. The van der Waals surface area contributed by atoms with Crippen LogP contribution in [0.1, 0.15) is 37.7 Å². The molecule has 1 aromatic carbocycles. The zero-order chi connectivity index (χ0) is 23.8. The molecule has 0 saturated carbocycles. The molecule has 0 aromatic heterocycles. The smallest absolute Gasteiger partial charge is 0.282 e. The van der Waals surface area contributed by atoms with Gasteiger partial charge in [-0.2, -0.15) is 17.0 Å². The van der Waals surface area contributed by atoms with Crippen molar-refractivity contribution in [1.29, 1.82) is 0 Å². The van der Waals surface area contributed by atoms with Crippen LogP contribution in [0.2, 0.25) is 0 Å². The van der Waals surface area contributed by atoms with Crippen molar-refractivity contribution in [3.8, 4) is 0 Å². The van der Waals surface area contributed by atoms with E-state index in [2.05, 4.69) is 40.5 Å². The normalized spacial score (nSPS) is 24.2. The molecule has 4 rings (SSSR count). The summed E-state index contributed by atoms with van der Waals surface area (Å²) in [4.78, 5) is 15.2. The summed E-state index contributed by atoms with van der Waals surface area (Å²) < 4.78 is 34.1. The summed E-state index contributed by atoms with van der Waals surface area (Å²) in [6.07, 6.45) is 6.03. The minimum absolute atomic E-state index is 0.0107. The van der Waals surface area contributed by atoms with Gasteiger partial charge in [-0.15, -0.1) is 0 Å². The molecule has 3 aliphatic heterocycles. The van der Waals surface area contributed by atoms with Gasteiger partial charge in [0.15, 0.2) is 0 Å². The van der Waals surface area contributed by atoms with Gasteiger partial charge in [0.25, 0.3) is 10.2 Å². The Labute approximate surface area is 204 Å². The predicted molar refractivity (Wildman–Crippen MR) is 133 cm³/mol. The third-order valence-electron chi connectivity index (χ3n) is 7.40. The molecule has 9 heteroatoms. The zero-order valence-electron chi connectivity index (χ0n) is 20.2. The molecule has 1 atom stereocenters. The largest absolute Gasteiger partial charge is 0.379 e. The van der Waals surface area contributed by atoms with Crippen molar-refractivity contribution in [2.75, 3.05) is 65.6 Å². The Bertz CT molecular complexity index is 868. The number of rotatable bonds is 9. The van der Waals surface area contributed by atoms with Gasteiger partial charge in [0.05, 0.1) is 19.1 Å². The highest BCUT2D eigenvalue weighted by Gasteiger charge is 2.36. The summed E-state index contributed by atoms with van der Waals surface area (Å²) in [6, 6.07) is 10.7. The average Bonchev–Trinajstić information content (AvgIpc) is 2.88. The van der Waals surface area contributed by atoms with Crippen LogP contribution in [0.3, 0.4) is 0 Å². The molecule has 1 N–H and O–H groups in total. The van der Waals surface area contributed by atoms with Crippen LogP contribution >= 0.6 is 0 Å². The maximum absolute atomic E-state index is 12.9. The van der Waals surface area contributed by atoms with Gasteiger partial charge in [-0.3, -0.25) is 4.79 Å². The van der Waals surface area contributed by atoms with Crippen molar-refractivity contribution in [2.45, 2.75) is 38.5 Å². The summed E-state index contributed by atoms with van der Waals surface area (Å²) >= 11 is 0. The molecule has 3 fully saturated rings. The van der Waals surface area contributed by atoms with E-state index >= 15 is 0 Å². The number of nitrogens with zero attached hydrogens (tertiary/aromatic N) is 3. The number of hydrogen-bond donors (Lipinski definition) is 1. The molecule has 3 aliphatic rings. The first-order chi connectivity index (χ1) is 16.5. The molecule has 0 radical (unpaired) electrons. The third-order valence-corrected chi connectivity index (χ3v) is 9.40. The molecule has 0 aliphatic carbocycles. The second-order valence-electron chi connectivity index (χ2n) is 9.84. The monoisotopic (exact) mass is 492 g/mol. The van der Waals surface area contributed by atoms with Crippen LogP contribution in [0, 0.1) is 11.8 Å². The zero-order valence-corrected chi connectivity index (χ0v) is 21.1. The average molecular weight is 493 g/mol. The summed E-state index contributed by atoms with van der Waals surface area (Å²) in [6.45, 7) is 6.31. The van der Waals surface area contributed by atoms with Gasteiger partial charge in [0.2, 0.25) is 5.91 Å². The second-order valence-corrected chi connectivity index (χ2v) is 11.8. The summed E-state index contributed by atoms with van der Waals surface area (Å²) in [5.41, 5.74) is 1.43. The van der Waals surface area contributed by atoms with E-state index in [9.17, 15) is 13.2 Å². The Kier molecular flexibility index (Phi) is 9.36. The molecule has 190 valence electrons. The fraction of sp³-hybridized carbons (Fsp3) is 0.720. The molecule has 0 unspecified atom stereocenters. The first-order valence-corrected chi connectivity index (χ1v) is 14.3. The van der Waals surface area contributed by atoms with E-state index in [1.165, 1.54) is 33.4 Å². The van der Waals surface area contributed by atoms with Crippen molar-refractivity contribution in [3.05, 3.63) is 35.9 Å². The second kappa shape index (κ2) is 12.4. The highest BCUT2D eigenvalue weighted by Crippen LogP contribution is 2.23. The van der Waals surface area contributed by atoms with Gasteiger partial charge in [0.1, 0.15) is 0 Å². The van der Waals surface area contributed by atoms with Crippen LogP contribution in [0.25, 0.3) is 0 Å². The van der Waals surface area contributed by atoms with E-state index in [1.807, 2.05) is 0 Å². The van der Waals surface area contributed by atoms with E-state index in [-0.39, 0.29) is 18.4 Å². The van der Waals surface area contributed by atoms with E-state index in [1.54, 1.807) is 0 Å². The molecule has 3 heterocycles. The Balaban J connectivity index is 1.13. The number of nitrogens with one attached hydrogen (secondary N) is 1. The summed E-state index contributed by atoms with van der Waals surface area (Å²) in [5, 5.41) is 3.06. The first-order valence-electron chi connectivity index (χ1n) is 12.9. The lowest BCUT2D eigenvalue weighted by Crippen LogP contribution is -2.53. The molecule has 34 heavy (non-hydrogen) atoms. The molecule has 1 amide bonds. The minimum atomic E-state index is -3.52. The predicted octanol–water partition coefficient (Wildman–Crippen LogP) is 1.74. The maximum Gasteiger partial charge on any atom is 0.282 e. The lowest BCUT2D eigenvalue weighted by atomic mass is 9.90. The van der Waals surface area contributed by atoms with Crippen LogP contribution in [-0.4, -0.2) is 93.4 Å². The van der Waals surface area contributed by atoms with Gasteiger partial charge < -0.3 is 15.0 Å². The van der Waals surface area contributed by atoms with E-state index in [4.69, 9.17) is 4.74 Å². The molecular formula is C25H40N4O4S.